The second-order valence-electron chi connectivity index (χ2n) is 7.12. The highest BCUT2D eigenvalue weighted by molar-refractivity contribution is 5.81. The molecule has 11 nitrogen and oxygen atoms in total. The number of carboxylic acid groups (broad SMARTS) is 1. The van der Waals surface area contributed by atoms with Crippen LogP contribution in [0.2, 0.25) is 0 Å². The Hall–Kier alpha value is -2.34. The van der Waals surface area contributed by atoms with Crippen molar-refractivity contribution in [1.82, 2.24) is 24.4 Å². The van der Waals surface area contributed by atoms with Gasteiger partial charge in [-0.3, -0.25) is 4.79 Å². The Morgan fingerprint density at radius 1 is 1.37 bits per heavy atom. The molecule has 1 unspecified atom stereocenters. The van der Waals surface area contributed by atoms with Crippen LogP contribution in [0.5, 0.6) is 0 Å². The minimum absolute atomic E-state index is 0.187. The topological polar surface area (TPSA) is 177 Å². The maximum absolute atomic E-state index is 10.8. The Morgan fingerprint density at radius 2 is 2.11 bits per heavy atom. The first-order chi connectivity index (χ1) is 12.8. The summed E-state index contributed by atoms with van der Waals surface area (Å²) in [6, 6.07) is -1.30. The molecule has 0 aromatic carbocycles. The average molecular weight is 379 g/mol. The summed E-state index contributed by atoms with van der Waals surface area (Å²) in [7, 11) is 1.83. The van der Waals surface area contributed by atoms with Crippen LogP contribution in [0.15, 0.2) is 12.7 Å². The van der Waals surface area contributed by atoms with Gasteiger partial charge in [-0.2, -0.15) is 0 Å². The lowest BCUT2D eigenvalue weighted by molar-refractivity contribution is -0.138. The standard InChI is InChI=1S/C16H25N7O4/c1-22(3-2-9(17)16(26)27)5-8-4-10(13(25)12(8)24)23-7-21-11-14(18)19-6-20-15(11)23/h6-10,12-13,24-25H,2-5,17H2,1H3,(H,26,27)(H2,18,19,20)/t8-,9?,10-,12-,13+/m1/s1. The summed E-state index contributed by atoms with van der Waals surface area (Å²) in [5.41, 5.74) is 12.3. The summed E-state index contributed by atoms with van der Waals surface area (Å²) in [6.45, 7) is 0.986. The molecule has 0 saturated heterocycles. The van der Waals surface area contributed by atoms with Crippen LogP contribution in [0.4, 0.5) is 5.82 Å². The van der Waals surface area contributed by atoms with Crippen LogP contribution in [0, 0.1) is 5.92 Å². The summed E-state index contributed by atoms with van der Waals surface area (Å²) >= 11 is 0. The van der Waals surface area contributed by atoms with E-state index in [0.29, 0.717) is 37.1 Å². The highest BCUT2D eigenvalue weighted by atomic mass is 16.4. The van der Waals surface area contributed by atoms with Gasteiger partial charge in [-0.1, -0.05) is 0 Å². The van der Waals surface area contributed by atoms with E-state index in [1.807, 2.05) is 11.9 Å². The molecule has 0 radical (unpaired) electrons. The van der Waals surface area contributed by atoms with E-state index in [1.165, 1.54) is 6.33 Å². The SMILES string of the molecule is CN(CCC(N)C(=O)O)C[C@H]1C[C@@H](n2cnc3c(N)ncnc32)[C@H](O)[C@@H]1O. The number of nitrogens with two attached hydrogens (primary N) is 2. The normalized spacial score (nSPS) is 26.7. The molecule has 0 spiro atoms. The molecule has 2 heterocycles. The van der Waals surface area contributed by atoms with Gasteiger partial charge in [0.1, 0.15) is 24.0 Å². The average Bonchev–Trinajstić information content (AvgIpc) is 3.17. The summed E-state index contributed by atoms with van der Waals surface area (Å²) in [5, 5.41) is 29.9. The van der Waals surface area contributed by atoms with Crippen LogP contribution < -0.4 is 11.5 Å². The molecule has 3 rings (SSSR count). The molecule has 1 saturated carbocycles. The number of aliphatic carboxylic acids is 1. The lowest BCUT2D eigenvalue weighted by Gasteiger charge is -2.24. The molecule has 5 atom stereocenters. The summed E-state index contributed by atoms with van der Waals surface area (Å²) < 4.78 is 1.72. The second kappa shape index (κ2) is 7.72. The molecule has 148 valence electrons. The van der Waals surface area contributed by atoms with Gasteiger partial charge in [0.25, 0.3) is 0 Å². The van der Waals surface area contributed by atoms with Gasteiger partial charge >= 0.3 is 5.97 Å². The number of fused-ring (bicyclic) bond motifs is 1. The number of hydrogen-bond acceptors (Lipinski definition) is 9. The van der Waals surface area contributed by atoms with E-state index < -0.39 is 24.2 Å². The van der Waals surface area contributed by atoms with E-state index in [4.69, 9.17) is 16.6 Å². The highest BCUT2D eigenvalue weighted by Gasteiger charge is 2.43. The molecule has 1 aliphatic carbocycles. The molecule has 0 amide bonds. The summed E-state index contributed by atoms with van der Waals surface area (Å²) in [4.78, 5) is 25.0. The molecule has 27 heavy (non-hydrogen) atoms. The number of carboxylic acids is 1. The predicted octanol–water partition coefficient (Wildman–Crippen LogP) is -1.57. The van der Waals surface area contributed by atoms with Gasteiger partial charge < -0.3 is 36.3 Å². The van der Waals surface area contributed by atoms with Crippen molar-refractivity contribution in [3.63, 3.8) is 0 Å². The monoisotopic (exact) mass is 379 g/mol. The zero-order valence-corrected chi connectivity index (χ0v) is 15.0. The largest absolute Gasteiger partial charge is 0.480 e. The van der Waals surface area contributed by atoms with E-state index in [9.17, 15) is 15.0 Å². The molecule has 2 aromatic heterocycles. The minimum atomic E-state index is -1.03. The van der Waals surface area contributed by atoms with Crippen molar-refractivity contribution in [3.8, 4) is 0 Å². The third kappa shape index (κ3) is 3.86. The lowest BCUT2D eigenvalue weighted by atomic mass is 10.0. The first-order valence-electron chi connectivity index (χ1n) is 8.75. The zero-order chi connectivity index (χ0) is 19.7. The Bertz CT molecular complexity index is 813. The van der Waals surface area contributed by atoms with Gasteiger partial charge in [0, 0.05) is 12.5 Å². The van der Waals surface area contributed by atoms with Gasteiger partial charge in [0.15, 0.2) is 11.5 Å². The van der Waals surface area contributed by atoms with Crippen molar-refractivity contribution in [2.45, 2.75) is 37.1 Å². The van der Waals surface area contributed by atoms with Gasteiger partial charge in [0.05, 0.1) is 18.5 Å². The number of aliphatic hydroxyl groups excluding tert-OH is 2. The van der Waals surface area contributed by atoms with Crippen molar-refractivity contribution >= 4 is 23.0 Å². The number of aliphatic hydroxyl groups is 2. The maximum Gasteiger partial charge on any atom is 0.320 e. The number of hydrogen-bond donors (Lipinski definition) is 5. The molecular weight excluding hydrogens is 354 g/mol. The fourth-order valence-corrected chi connectivity index (χ4v) is 3.64. The number of anilines is 1. The molecule has 1 fully saturated rings. The maximum atomic E-state index is 10.8. The molecule has 0 bridgehead atoms. The highest BCUT2D eigenvalue weighted by Crippen LogP contribution is 2.37. The molecule has 2 aromatic rings. The third-order valence-electron chi connectivity index (χ3n) is 5.20. The first-order valence-corrected chi connectivity index (χ1v) is 8.75. The van der Waals surface area contributed by atoms with Crippen molar-refractivity contribution in [1.29, 1.82) is 0 Å². The Kier molecular flexibility index (Phi) is 5.56. The summed E-state index contributed by atoms with van der Waals surface area (Å²) in [5.74, 6) is -0.960. The Balaban J connectivity index is 1.68. The molecule has 1 aliphatic rings. The van der Waals surface area contributed by atoms with Crippen LogP contribution in [0.25, 0.3) is 11.2 Å². The van der Waals surface area contributed by atoms with Crippen molar-refractivity contribution in [2.75, 3.05) is 25.9 Å². The van der Waals surface area contributed by atoms with Gasteiger partial charge in [-0.15, -0.1) is 0 Å². The smallest absolute Gasteiger partial charge is 0.320 e. The number of imidazole rings is 1. The van der Waals surface area contributed by atoms with E-state index in [2.05, 4.69) is 15.0 Å². The van der Waals surface area contributed by atoms with E-state index in [-0.39, 0.29) is 17.8 Å². The van der Waals surface area contributed by atoms with E-state index in [0.717, 1.165) is 0 Å². The predicted molar refractivity (Wildman–Crippen MR) is 96.6 cm³/mol. The van der Waals surface area contributed by atoms with E-state index >= 15 is 0 Å². The fourth-order valence-electron chi connectivity index (χ4n) is 3.64. The molecule has 0 aliphatic heterocycles. The summed E-state index contributed by atoms with van der Waals surface area (Å²) in [6.07, 6.45) is 1.83. The molecule has 11 heteroatoms. The van der Waals surface area contributed by atoms with Crippen LogP contribution in [-0.2, 0) is 4.79 Å². The number of rotatable bonds is 7. The van der Waals surface area contributed by atoms with Crippen LogP contribution in [0.3, 0.4) is 0 Å². The Labute approximate surface area is 155 Å². The van der Waals surface area contributed by atoms with Crippen LogP contribution in [-0.4, -0.2) is 84.1 Å². The van der Waals surface area contributed by atoms with Gasteiger partial charge in [-0.25, -0.2) is 15.0 Å². The first kappa shape index (κ1) is 19.4. The number of carbonyl (C=O) groups is 1. The van der Waals surface area contributed by atoms with Crippen molar-refractivity contribution in [2.24, 2.45) is 11.7 Å². The Morgan fingerprint density at radius 3 is 2.81 bits per heavy atom. The second-order valence-corrected chi connectivity index (χ2v) is 7.12. The fraction of sp³-hybridized carbons (Fsp3) is 0.625. The van der Waals surface area contributed by atoms with Crippen molar-refractivity contribution in [3.05, 3.63) is 12.7 Å². The van der Waals surface area contributed by atoms with E-state index in [1.54, 1.807) is 10.9 Å². The minimum Gasteiger partial charge on any atom is -0.480 e. The lowest BCUT2D eigenvalue weighted by Crippen LogP contribution is -2.38. The van der Waals surface area contributed by atoms with Crippen LogP contribution >= 0.6 is 0 Å². The molecular formula is C16H25N7O4. The van der Waals surface area contributed by atoms with Gasteiger partial charge in [0.2, 0.25) is 0 Å². The molecule has 7 N–H and O–H groups in total. The van der Waals surface area contributed by atoms with Crippen LogP contribution in [0.1, 0.15) is 18.9 Å². The third-order valence-corrected chi connectivity index (χ3v) is 5.20. The number of nitrogen functional groups attached to an aromatic ring is 1. The number of aromatic nitrogens is 4. The van der Waals surface area contributed by atoms with Gasteiger partial charge in [-0.05, 0) is 26.4 Å². The zero-order valence-electron chi connectivity index (χ0n) is 15.0. The quantitative estimate of drug-likeness (QED) is 0.377. The van der Waals surface area contributed by atoms with Crippen molar-refractivity contribution < 1.29 is 20.1 Å². The number of nitrogens with zero attached hydrogens (tertiary/aromatic N) is 5.